The fraction of sp³-hybridized carbons (Fsp3) is 0.453. The zero-order chi connectivity index (χ0) is 81.6. The maximum Gasteiger partial charge on any atom is 0.252 e. The highest BCUT2D eigenvalue weighted by atomic mass is 15.0. The molecule has 3 aromatic heterocycles. The first-order valence-corrected chi connectivity index (χ1v) is 41.6. The highest BCUT2D eigenvalue weighted by molar-refractivity contribution is 7.00. The van der Waals surface area contributed by atoms with Crippen LogP contribution >= 0.6 is 0 Å². The summed E-state index contributed by atoms with van der Waals surface area (Å²) >= 11 is 0. The molecule has 0 N–H and O–H groups in total. The molecule has 0 aliphatic carbocycles. The predicted molar refractivity (Wildman–Crippen MR) is 487 cm³/mol. The topological polar surface area (TPSA) is 35.6 Å². The minimum atomic E-state index is -0.249. The van der Waals surface area contributed by atoms with Crippen LogP contribution in [0.4, 0.5) is 0 Å². The zero-order valence-corrected chi connectivity index (χ0v) is 75.1. The van der Waals surface area contributed by atoms with Crippen LogP contribution in [-0.4, -0.2) is 25.8 Å². The number of hydrogen-bond acceptors (Lipinski definition) is 2. The van der Waals surface area contributed by atoms with E-state index in [1.54, 1.807) is 0 Å². The van der Waals surface area contributed by atoms with Gasteiger partial charge in [0.05, 0.1) is 33.5 Å². The van der Waals surface area contributed by atoms with E-state index in [0.717, 1.165) is 33.9 Å². The molecule has 111 heavy (non-hydrogen) atoms. The normalized spacial score (nSPS) is 14.3. The molecule has 2 aliphatic rings. The van der Waals surface area contributed by atoms with Crippen molar-refractivity contribution in [1.29, 1.82) is 0 Å². The van der Waals surface area contributed by atoms with Crippen molar-refractivity contribution < 1.29 is 0 Å². The first-order chi connectivity index (χ1) is 50.6. The van der Waals surface area contributed by atoms with Gasteiger partial charge in [-0.3, -0.25) is 0 Å². The Balaban J connectivity index is 1.26. The van der Waals surface area contributed by atoms with E-state index in [2.05, 4.69) is 398 Å². The Bertz CT molecular complexity index is 5380. The van der Waals surface area contributed by atoms with Crippen LogP contribution in [0.2, 0.25) is 0 Å². The molecule has 5 heteroatoms. The number of hydrogen-bond donors (Lipinski definition) is 0. The minimum absolute atomic E-state index is 0.103. The number of nitrogens with zero attached hydrogens (tertiary/aromatic N) is 4. The summed E-state index contributed by atoms with van der Waals surface area (Å²) in [6.45, 7) is 85.7. The van der Waals surface area contributed by atoms with Crippen molar-refractivity contribution in [2.24, 2.45) is 0 Å². The first kappa shape index (κ1) is 79.4. The molecule has 14 rings (SSSR count). The third-order valence-electron chi connectivity index (χ3n) is 24.8. The molecule has 5 heterocycles. The van der Waals surface area contributed by atoms with E-state index in [-0.39, 0.29) is 71.7 Å². The molecule has 0 atom stereocenters. The smallest absolute Gasteiger partial charge is 0.252 e. The Morgan fingerprint density at radius 1 is 0.234 bits per heavy atom. The van der Waals surface area contributed by atoms with Gasteiger partial charge >= 0.3 is 0 Å². The van der Waals surface area contributed by atoms with Gasteiger partial charge in [-0.2, -0.15) is 0 Å². The lowest BCUT2D eigenvalue weighted by Gasteiger charge is -2.35. The highest BCUT2D eigenvalue weighted by Gasteiger charge is 2.45. The summed E-state index contributed by atoms with van der Waals surface area (Å²) in [5, 5.41) is 5.30. The molecule has 12 aromatic rings. The van der Waals surface area contributed by atoms with Crippen LogP contribution < -0.4 is 16.4 Å². The van der Waals surface area contributed by atoms with Crippen LogP contribution in [0, 0.1) is 0 Å². The minimum Gasteiger partial charge on any atom is -0.310 e. The van der Waals surface area contributed by atoms with Crippen molar-refractivity contribution >= 4 is 66.7 Å². The van der Waals surface area contributed by atoms with Gasteiger partial charge in [0.25, 0.3) is 6.71 Å². The molecule has 2 aliphatic heterocycles. The van der Waals surface area contributed by atoms with Crippen molar-refractivity contribution in [3.63, 3.8) is 0 Å². The van der Waals surface area contributed by atoms with Crippen LogP contribution in [-0.2, 0) is 65.0 Å². The molecule has 0 spiro atoms. The standard InChI is InChI=1S/C106H131BN4/c1-95(2,3)65-41-60(42-66(51-65)96(4,5)6)75-37-39-79-92-87(75)89-77(105(31,32)33)55-73(103(25,26)27)57-83(89)110(92)85-49-63(82-59-81(62-45-69(99(13,14)15)53-70(46-62)100(16,17)18)108-94(109-82)64-47-71(101(19,20)21)54-72(48-64)102(22,23)24)50-86-91(85)107(79)80-40-38-76(61-43-67(97(7,8)9)52-68(44-61)98(10,11)12)88-90-78(106(34,35)36)56-74(104(28,29)30)58-84(90)111(86)93(80)88/h37-59H,1-36H3. The van der Waals surface area contributed by atoms with Gasteiger partial charge < -0.3 is 9.13 Å². The third kappa shape index (κ3) is 13.9. The molecule has 4 nitrogen and oxygen atoms in total. The predicted octanol–water partition coefficient (Wildman–Crippen LogP) is 27.7. The van der Waals surface area contributed by atoms with Gasteiger partial charge in [0.15, 0.2) is 5.82 Å². The van der Waals surface area contributed by atoms with E-state index in [4.69, 9.17) is 9.97 Å². The average molecular weight is 1470 g/mol. The van der Waals surface area contributed by atoms with Crippen LogP contribution in [0.25, 0.3) is 111 Å². The summed E-state index contributed by atoms with van der Waals surface area (Å²) in [7, 11) is 0. The van der Waals surface area contributed by atoms with Gasteiger partial charge in [-0.1, -0.05) is 334 Å². The SMILES string of the molecule is CC(C)(C)c1cc(-c2cc(-c3cc4c5c(c3)-n3c6cc(C(C)(C)C)cc(C(C)(C)C)c6c6c(-c7cc(C(C)(C)C)cc(C(C)(C)C)c7)ccc(c63)B5c3ccc(-c5cc(C(C)(C)C)cc(C(C)(C)C)c5)c5c6c(C(C)(C)C)cc(C(C)(C)C)cc6n-4c35)nc(-c3cc(C(C)(C)C)cc(C(C)(C)C)c3)n2)cc(C(C)(C)C)c1. The summed E-state index contributed by atoms with van der Waals surface area (Å²) < 4.78 is 5.57. The Morgan fingerprint density at radius 3 is 0.757 bits per heavy atom. The van der Waals surface area contributed by atoms with E-state index >= 15 is 0 Å². The Kier molecular flexibility index (Phi) is 18.0. The highest BCUT2D eigenvalue weighted by Crippen LogP contribution is 2.52. The number of benzene rings is 9. The molecule has 0 saturated heterocycles. The van der Waals surface area contributed by atoms with E-state index in [9.17, 15) is 0 Å². The molecule has 9 aromatic carbocycles. The lowest BCUT2D eigenvalue weighted by molar-refractivity contribution is 0.568. The van der Waals surface area contributed by atoms with Gasteiger partial charge in [0.1, 0.15) is 0 Å². The average Bonchev–Trinajstić information content (AvgIpc) is 1.52. The second kappa shape index (κ2) is 25.1. The molecule has 0 radical (unpaired) electrons. The summed E-state index contributed by atoms with van der Waals surface area (Å²) in [5.41, 5.74) is 35.6. The zero-order valence-electron chi connectivity index (χ0n) is 75.1. The largest absolute Gasteiger partial charge is 0.310 e. The second-order valence-electron chi connectivity index (χ2n) is 46.4. The Hall–Kier alpha value is -8.28. The lowest BCUT2D eigenvalue weighted by Crippen LogP contribution is -2.59. The van der Waals surface area contributed by atoms with Gasteiger partial charge in [-0.05, 0) is 225 Å². The lowest BCUT2D eigenvalue weighted by atomic mass is 9.34. The molecule has 578 valence electrons. The summed E-state index contributed by atoms with van der Waals surface area (Å²) in [6.07, 6.45) is 0. The van der Waals surface area contributed by atoms with Crippen molar-refractivity contribution in [3.8, 4) is 67.5 Å². The number of aromatic nitrogens is 4. The monoisotopic (exact) mass is 1470 g/mol. The molecule has 0 amide bonds. The van der Waals surface area contributed by atoms with Crippen molar-refractivity contribution in [2.45, 2.75) is 314 Å². The van der Waals surface area contributed by atoms with E-state index in [0.29, 0.717) is 0 Å². The van der Waals surface area contributed by atoms with E-state index in [1.165, 1.54) is 160 Å². The summed E-state index contributed by atoms with van der Waals surface area (Å²) in [4.78, 5) is 12.0. The molecule has 0 fully saturated rings. The third-order valence-corrected chi connectivity index (χ3v) is 24.8. The Labute approximate surface area is 669 Å². The van der Waals surface area contributed by atoms with Gasteiger partial charge in [0.2, 0.25) is 0 Å². The fourth-order valence-electron chi connectivity index (χ4n) is 17.4. The molecule has 0 saturated carbocycles. The van der Waals surface area contributed by atoms with E-state index < -0.39 is 0 Å². The Morgan fingerprint density at radius 2 is 0.486 bits per heavy atom. The first-order valence-electron chi connectivity index (χ1n) is 41.6. The van der Waals surface area contributed by atoms with Crippen molar-refractivity contribution in [2.75, 3.05) is 0 Å². The quantitative estimate of drug-likeness (QED) is 0.161. The van der Waals surface area contributed by atoms with Crippen LogP contribution in [0.5, 0.6) is 0 Å². The second-order valence-corrected chi connectivity index (χ2v) is 46.4. The van der Waals surface area contributed by atoms with Crippen LogP contribution in [0.3, 0.4) is 0 Å². The summed E-state index contributed by atoms with van der Waals surface area (Å²) in [5.74, 6) is 0.725. The van der Waals surface area contributed by atoms with Gasteiger partial charge in [-0.25, -0.2) is 9.97 Å². The maximum absolute atomic E-state index is 6.11. The fourth-order valence-corrected chi connectivity index (χ4v) is 17.4. The van der Waals surface area contributed by atoms with Crippen LogP contribution in [0.1, 0.15) is 316 Å². The van der Waals surface area contributed by atoms with Crippen LogP contribution in [0.15, 0.2) is 140 Å². The molecular weight excluding hydrogens is 1340 g/mol. The van der Waals surface area contributed by atoms with Gasteiger partial charge in [-0.15, -0.1) is 0 Å². The maximum atomic E-state index is 6.11. The summed E-state index contributed by atoms with van der Waals surface area (Å²) in [6, 6.07) is 57.8. The van der Waals surface area contributed by atoms with Crippen molar-refractivity contribution in [3.05, 3.63) is 206 Å². The van der Waals surface area contributed by atoms with E-state index in [1.807, 2.05) is 0 Å². The number of rotatable bonds is 5. The number of fused-ring (bicyclic) bond motifs is 10. The van der Waals surface area contributed by atoms with Gasteiger partial charge in [0, 0.05) is 49.6 Å². The molecule has 0 bridgehead atoms. The van der Waals surface area contributed by atoms with Crippen molar-refractivity contribution in [1.82, 2.24) is 19.1 Å². The molecular formula is C106H131BN4. The molecule has 0 unspecified atom stereocenters.